The van der Waals surface area contributed by atoms with E-state index in [1.165, 1.54) is 65.3 Å². The molecule has 0 unspecified atom stereocenters. The van der Waals surface area contributed by atoms with Gasteiger partial charge in [-0.1, -0.05) is 78.9 Å². The van der Waals surface area contributed by atoms with E-state index in [9.17, 15) is 0 Å². The van der Waals surface area contributed by atoms with E-state index in [4.69, 9.17) is 0 Å². The van der Waals surface area contributed by atoms with E-state index < -0.39 is 0 Å². The molecule has 0 atom stereocenters. The van der Waals surface area contributed by atoms with Crippen molar-refractivity contribution in [3.8, 4) is 22.3 Å². The van der Waals surface area contributed by atoms with E-state index in [1.54, 1.807) is 0 Å². The number of hydrogen-bond donors (Lipinski definition) is 0. The topological polar surface area (TPSA) is 0 Å². The number of rotatable bonds is 0. The van der Waals surface area contributed by atoms with Gasteiger partial charge < -0.3 is 0 Å². The Morgan fingerprint density at radius 3 is 2.08 bits per heavy atom. The van der Waals surface area contributed by atoms with Crippen LogP contribution in [0, 0.1) is 0 Å². The molecule has 0 fully saturated rings. The summed E-state index contributed by atoms with van der Waals surface area (Å²) >= 11 is 0. The van der Waals surface area contributed by atoms with Crippen LogP contribution >= 0.6 is 0 Å². The maximum atomic E-state index is 2.40. The molecular formula is C26H14. The molecule has 6 aromatic rings. The van der Waals surface area contributed by atoms with Crippen LogP contribution in [0.4, 0.5) is 0 Å². The molecule has 0 radical (unpaired) electrons. The molecule has 1 aliphatic rings. The summed E-state index contributed by atoms with van der Waals surface area (Å²) in [4.78, 5) is 0. The fourth-order valence-corrected chi connectivity index (χ4v) is 5.13. The zero-order valence-electron chi connectivity index (χ0n) is 14.1. The Labute approximate surface area is 150 Å². The van der Waals surface area contributed by atoms with Gasteiger partial charge in [-0.05, 0) is 71.4 Å². The fraction of sp³-hybridized carbons (Fsp3) is 0. The van der Waals surface area contributed by atoms with Crippen LogP contribution in [0.1, 0.15) is 0 Å². The van der Waals surface area contributed by atoms with Crippen LogP contribution in [0.5, 0.6) is 0 Å². The second-order valence-corrected chi connectivity index (χ2v) is 7.33. The van der Waals surface area contributed by atoms with Gasteiger partial charge in [0.15, 0.2) is 0 Å². The molecule has 0 nitrogen and oxygen atoms in total. The van der Waals surface area contributed by atoms with Crippen molar-refractivity contribution >= 4 is 43.1 Å². The quantitative estimate of drug-likeness (QED) is 0.201. The normalized spacial score (nSPS) is 12.6. The minimum atomic E-state index is 1.33. The molecule has 0 spiro atoms. The largest absolute Gasteiger partial charge is 0.0616 e. The van der Waals surface area contributed by atoms with E-state index in [0.29, 0.717) is 0 Å². The molecule has 6 aromatic carbocycles. The zero-order valence-corrected chi connectivity index (χ0v) is 14.1. The maximum Gasteiger partial charge on any atom is -0.000720 e. The number of benzene rings is 6. The third kappa shape index (κ3) is 1.32. The Morgan fingerprint density at radius 1 is 0.385 bits per heavy atom. The first-order chi connectivity index (χ1) is 12.9. The van der Waals surface area contributed by atoms with Crippen LogP contribution in [0.3, 0.4) is 0 Å². The highest BCUT2D eigenvalue weighted by Crippen LogP contribution is 2.54. The molecule has 7 rings (SSSR count). The second kappa shape index (κ2) is 4.23. The summed E-state index contributed by atoms with van der Waals surface area (Å²) in [5.41, 5.74) is 5.54. The molecule has 0 amide bonds. The van der Waals surface area contributed by atoms with Crippen molar-refractivity contribution in [2.75, 3.05) is 0 Å². The maximum absolute atomic E-state index is 2.40. The summed E-state index contributed by atoms with van der Waals surface area (Å²) < 4.78 is 0. The van der Waals surface area contributed by atoms with Gasteiger partial charge in [0.05, 0.1) is 0 Å². The minimum absolute atomic E-state index is 1.33. The smallest absolute Gasteiger partial charge is 0.000720 e. The van der Waals surface area contributed by atoms with Crippen molar-refractivity contribution in [3.63, 3.8) is 0 Å². The van der Waals surface area contributed by atoms with E-state index >= 15 is 0 Å². The van der Waals surface area contributed by atoms with E-state index in [0.717, 1.165) is 0 Å². The van der Waals surface area contributed by atoms with Crippen molar-refractivity contribution < 1.29 is 0 Å². The van der Waals surface area contributed by atoms with Gasteiger partial charge in [0.25, 0.3) is 0 Å². The Kier molecular flexibility index (Phi) is 2.10. The molecule has 0 saturated carbocycles. The van der Waals surface area contributed by atoms with Crippen molar-refractivity contribution in [3.05, 3.63) is 84.9 Å². The minimum Gasteiger partial charge on any atom is -0.0616 e. The predicted octanol–water partition coefficient (Wildman–Crippen LogP) is 7.38. The van der Waals surface area contributed by atoms with Gasteiger partial charge in [-0.3, -0.25) is 0 Å². The molecule has 0 aromatic heterocycles. The van der Waals surface area contributed by atoms with Crippen molar-refractivity contribution in [2.45, 2.75) is 0 Å². The SMILES string of the molecule is c1ccc2c(c1)-c1cc3cccc4ccc5c6ccccc6c-2c1c5c43. The Morgan fingerprint density at radius 2 is 1.15 bits per heavy atom. The summed E-state index contributed by atoms with van der Waals surface area (Å²) in [6, 6.07) is 31.4. The average Bonchev–Trinajstić information content (AvgIpc) is 3.04. The van der Waals surface area contributed by atoms with Gasteiger partial charge >= 0.3 is 0 Å². The lowest BCUT2D eigenvalue weighted by Gasteiger charge is -2.16. The van der Waals surface area contributed by atoms with Gasteiger partial charge in [-0.2, -0.15) is 0 Å². The highest BCUT2D eigenvalue weighted by atomic mass is 14.3. The first kappa shape index (κ1) is 12.9. The Hall–Kier alpha value is -3.38. The van der Waals surface area contributed by atoms with Gasteiger partial charge in [-0.25, -0.2) is 0 Å². The fourth-order valence-electron chi connectivity index (χ4n) is 5.13. The highest BCUT2D eigenvalue weighted by molar-refractivity contribution is 6.38. The average molecular weight is 326 g/mol. The van der Waals surface area contributed by atoms with Crippen LogP contribution in [0.15, 0.2) is 84.9 Å². The highest BCUT2D eigenvalue weighted by Gasteiger charge is 2.26. The van der Waals surface area contributed by atoms with Crippen molar-refractivity contribution in [1.82, 2.24) is 0 Å². The number of hydrogen-bond acceptors (Lipinski definition) is 0. The molecule has 26 heavy (non-hydrogen) atoms. The first-order valence-electron chi connectivity index (χ1n) is 9.14. The lowest BCUT2D eigenvalue weighted by atomic mass is 9.87. The number of fused-ring (bicyclic) bond motifs is 6. The van der Waals surface area contributed by atoms with E-state index in [-0.39, 0.29) is 0 Å². The molecule has 0 saturated heterocycles. The third-order valence-corrected chi connectivity index (χ3v) is 6.12. The molecule has 1 aliphatic carbocycles. The molecule has 0 N–H and O–H groups in total. The lowest BCUT2D eigenvalue weighted by Crippen LogP contribution is -1.87. The summed E-state index contributed by atoms with van der Waals surface area (Å²) in [7, 11) is 0. The van der Waals surface area contributed by atoms with Gasteiger partial charge in [-0.15, -0.1) is 0 Å². The molecule has 0 heteroatoms. The summed E-state index contributed by atoms with van der Waals surface area (Å²) in [6.45, 7) is 0. The van der Waals surface area contributed by atoms with Crippen molar-refractivity contribution in [2.24, 2.45) is 0 Å². The van der Waals surface area contributed by atoms with E-state index in [2.05, 4.69) is 84.9 Å². The van der Waals surface area contributed by atoms with Crippen LogP contribution in [0.25, 0.3) is 65.3 Å². The van der Waals surface area contributed by atoms with Crippen LogP contribution in [-0.4, -0.2) is 0 Å². The van der Waals surface area contributed by atoms with Gasteiger partial charge in [0, 0.05) is 0 Å². The van der Waals surface area contributed by atoms with Gasteiger partial charge in [0.1, 0.15) is 0 Å². The zero-order chi connectivity index (χ0) is 16.8. The van der Waals surface area contributed by atoms with Crippen LogP contribution in [0.2, 0.25) is 0 Å². The third-order valence-electron chi connectivity index (χ3n) is 6.12. The first-order valence-corrected chi connectivity index (χ1v) is 9.14. The predicted molar refractivity (Wildman–Crippen MR) is 112 cm³/mol. The van der Waals surface area contributed by atoms with E-state index in [1.807, 2.05) is 0 Å². The van der Waals surface area contributed by atoms with Crippen LogP contribution in [-0.2, 0) is 0 Å². The van der Waals surface area contributed by atoms with Crippen LogP contribution < -0.4 is 0 Å². The monoisotopic (exact) mass is 326 g/mol. The Bertz CT molecular complexity index is 1520. The van der Waals surface area contributed by atoms with Crippen molar-refractivity contribution in [1.29, 1.82) is 0 Å². The summed E-state index contributed by atoms with van der Waals surface area (Å²) in [5, 5.41) is 11.0. The summed E-state index contributed by atoms with van der Waals surface area (Å²) in [5.74, 6) is 0. The van der Waals surface area contributed by atoms with Gasteiger partial charge in [0.2, 0.25) is 0 Å². The standard InChI is InChI=1S/C26H14/c1-3-10-19-17(8-1)21-13-12-15-6-5-7-16-14-22-18-9-2-4-11-20(18)24(19)26(22)25(21)23(15)16/h1-14H. The Balaban J connectivity index is 1.95. The molecule has 118 valence electrons. The molecule has 0 bridgehead atoms. The lowest BCUT2D eigenvalue weighted by molar-refractivity contribution is 1.71. The molecular weight excluding hydrogens is 312 g/mol. The molecule has 0 heterocycles. The summed E-state index contributed by atoms with van der Waals surface area (Å²) in [6.07, 6.45) is 0. The second-order valence-electron chi connectivity index (χ2n) is 7.33. The molecule has 0 aliphatic heterocycles.